The van der Waals surface area contributed by atoms with Crippen molar-refractivity contribution in [2.45, 2.75) is 70.4 Å². The average Bonchev–Trinajstić information content (AvgIpc) is 3.07. The second kappa shape index (κ2) is 9.40. The quantitative estimate of drug-likeness (QED) is 0.697. The van der Waals surface area contributed by atoms with Crippen LogP contribution >= 0.6 is 0 Å². The molecule has 1 aliphatic rings. The van der Waals surface area contributed by atoms with Crippen molar-refractivity contribution in [2.75, 3.05) is 13.1 Å². The van der Waals surface area contributed by atoms with Crippen molar-refractivity contribution in [3.63, 3.8) is 0 Å². The van der Waals surface area contributed by atoms with Crippen LogP contribution in [0.5, 0.6) is 5.75 Å². The number of nitrogens with zero attached hydrogens (tertiary/aromatic N) is 2. The Morgan fingerprint density at radius 3 is 2.42 bits per heavy atom. The third-order valence-corrected chi connectivity index (χ3v) is 7.72. The lowest BCUT2D eigenvalue weighted by Gasteiger charge is -2.32. The molecule has 0 spiro atoms. The molecule has 1 unspecified atom stereocenters. The summed E-state index contributed by atoms with van der Waals surface area (Å²) >= 11 is 0. The predicted molar refractivity (Wildman–Crippen MR) is 117 cm³/mol. The van der Waals surface area contributed by atoms with Gasteiger partial charge in [-0.25, -0.2) is 8.42 Å². The zero-order valence-corrected chi connectivity index (χ0v) is 19.5. The number of hydrogen-bond acceptors (Lipinski definition) is 6. The van der Waals surface area contributed by atoms with Crippen molar-refractivity contribution in [1.82, 2.24) is 14.8 Å². The molecule has 170 valence electrons. The standard InChI is InChI=1S/C22H31N3O5S/c1-14(2)19-8-6-7-9-20(19)29-17(5)22(26)23-18-10-12-25(13-11-18)31(27,28)21-15(3)24-30-16(21)4/h6-9,14,17-18H,10-13H2,1-5H3,(H,23,26). The highest BCUT2D eigenvalue weighted by Gasteiger charge is 2.34. The molecule has 1 saturated heterocycles. The van der Waals surface area contributed by atoms with E-state index in [2.05, 4.69) is 24.3 Å². The molecule has 2 heterocycles. The molecule has 0 radical (unpaired) electrons. The van der Waals surface area contributed by atoms with E-state index >= 15 is 0 Å². The SMILES string of the molecule is Cc1noc(C)c1S(=O)(=O)N1CCC(NC(=O)C(C)Oc2ccccc2C(C)C)CC1. The van der Waals surface area contributed by atoms with Gasteiger partial charge in [-0.05, 0) is 51.2 Å². The van der Waals surface area contributed by atoms with Gasteiger partial charge in [-0.3, -0.25) is 4.79 Å². The maximum atomic E-state index is 12.9. The van der Waals surface area contributed by atoms with Crippen LogP contribution in [0, 0.1) is 13.8 Å². The van der Waals surface area contributed by atoms with Gasteiger partial charge in [0, 0.05) is 19.1 Å². The largest absolute Gasteiger partial charge is 0.481 e. The highest BCUT2D eigenvalue weighted by atomic mass is 32.2. The first-order valence-electron chi connectivity index (χ1n) is 10.6. The smallest absolute Gasteiger partial charge is 0.260 e. The van der Waals surface area contributed by atoms with Crippen LogP contribution in [0.3, 0.4) is 0 Å². The highest BCUT2D eigenvalue weighted by molar-refractivity contribution is 7.89. The summed E-state index contributed by atoms with van der Waals surface area (Å²) in [7, 11) is -3.66. The molecule has 3 rings (SSSR count). The van der Waals surface area contributed by atoms with Crippen molar-refractivity contribution in [3.05, 3.63) is 41.3 Å². The topological polar surface area (TPSA) is 102 Å². The maximum absolute atomic E-state index is 12.9. The van der Waals surface area contributed by atoms with E-state index in [9.17, 15) is 13.2 Å². The normalized spacial score (nSPS) is 17.0. The molecule has 1 aromatic carbocycles. The van der Waals surface area contributed by atoms with Gasteiger partial charge in [0.2, 0.25) is 10.0 Å². The second-order valence-corrected chi connectivity index (χ2v) is 10.2. The van der Waals surface area contributed by atoms with E-state index in [1.54, 1.807) is 20.8 Å². The monoisotopic (exact) mass is 449 g/mol. The number of carbonyl (C=O) groups is 1. The first-order chi connectivity index (χ1) is 14.6. The van der Waals surface area contributed by atoms with E-state index in [-0.39, 0.29) is 22.8 Å². The maximum Gasteiger partial charge on any atom is 0.260 e. The van der Waals surface area contributed by atoms with E-state index in [0.717, 1.165) is 5.56 Å². The Morgan fingerprint density at radius 1 is 1.19 bits per heavy atom. The van der Waals surface area contributed by atoms with Crippen molar-refractivity contribution < 1.29 is 22.5 Å². The molecule has 2 aromatic rings. The Bertz CT molecular complexity index is 1000. The Labute approximate surface area is 184 Å². The van der Waals surface area contributed by atoms with Gasteiger partial charge in [0.05, 0.1) is 0 Å². The van der Waals surface area contributed by atoms with Crippen LogP contribution in [0.2, 0.25) is 0 Å². The number of sulfonamides is 1. The predicted octanol–water partition coefficient (Wildman–Crippen LogP) is 3.15. The number of carbonyl (C=O) groups excluding carboxylic acids is 1. The number of amides is 1. The summed E-state index contributed by atoms with van der Waals surface area (Å²) in [6.07, 6.45) is 0.414. The number of aromatic nitrogens is 1. The lowest BCUT2D eigenvalue weighted by molar-refractivity contribution is -0.128. The van der Waals surface area contributed by atoms with Crippen LogP contribution in [0.4, 0.5) is 0 Å². The number of aryl methyl sites for hydroxylation is 2. The fraction of sp³-hybridized carbons (Fsp3) is 0.545. The molecule has 1 amide bonds. The minimum absolute atomic E-state index is 0.102. The van der Waals surface area contributed by atoms with Gasteiger partial charge in [0.15, 0.2) is 11.9 Å². The van der Waals surface area contributed by atoms with Gasteiger partial charge in [0.25, 0.3) is 5.91 Å². The molecule has 9 heteroatoms. The third-order valence-electron chi connectivity index (χ3n) is 5.58. The minimum Gasteiger partial charge on any atom is -0.481 e. The number of piperidine rings is 1. The molecule has 1 aromatic heterocycles. The lowest BCUT2D eigenvalue weighted by Crippen LogP contribution is -2.49. The zero-order valence-electron chi connectivity index (χ0n) is 18.7. The molecular weight excluding hydrogens is 418 g/mol. The van der Waals surface area contributed by atoms with Gasteiger partial charge in [0.1, 0.15) is 16.3 Å². The number of para-hydroxylation sites is 1. The molecule has 1 fully saturated rings. The Morgan fingerprint density at radius 2 is 1.84 bits per heavy atom. The first-order valence-corrected chi connectivity index (χ1v) is 12.0. The van der Waals surface area contributed by atoms with E-state index in [1.165, 1.54) is 4.31 Å². The van der Waals surface area contributed by atoms with E-state index < -0.39 is 16.1 Å². The van der Waals surface area contributed by atoms with Crippen LogP contribution < -0.4 is 10.1 Å². The summed E-state index contributed by atoms with van der Waals surface area (Å²) in [5.74, 6) is 1.09. The third kappa shape index (κ3) is 5.10. The Hall–Kier alpha value is -2.39. The molecular formula is C22H31N3O5S. The van der Waals surface area contributed by atoms with E-state index in [4.69, 9.17) is 9.26 Å². The highest BCUT2D eigenvalue weighted by Crippen LogP contribution is 2.28. The van der Waals surface area contributed by atoms with Crippen LogP contribution in [0.1, 0.15) is 56.5 Å². The second-order valence-electron chi connectivity index (χ2n) is 8.29. The Kier molecular flexibility index (Phi) is 7.06. The lowest BCUT2D eigenvalue weighted by atomic mass is 10.0. The molecule has 1 atom stereocenters. The molecule has 0 bridgehead atoms. The summed E-state index contributed by atoms with van der Waals surface area (Å²) in [5.41, 5.74) is 1.42. The van der Waals surface area contributed by atoms with Crippen molar-refractivity contribution in [2.24, 2.45) is 0 Å². The van der Waals surface area contributed by atoms with Crippen LogP contribution in [-0.2, 0) is 14.8 Å². The summed E-state index contributed by atoms with van der Waals surface area (Å²) in [5, 5.41) is 6.75. The van der Waals surface area contributed by atoms with Gasteiger partial charge in [-0.15, -0.1) is 0 Å². The van der Waals surface area contributed by atoms with Crippen molar-refractivity contribution >= 4 is 15.9 Å². The van der Waals surface area contributed by atoms with Crippen molar-refractivity contribution in [3.8, 4) is 5.75 Å². The molecule has 0 saturated carbocycles. The van der Waals surface area contributed by atoms with Gasteiger partial charge >= 0.3 is 0 Å². The van der Waals surface area contributed by atoms with Gasteiger partial charge in [-0.2, -0.15) is 4.31 Å². The summed E-state index contributed by atoms with van der Waals surface area (Å²) in [6, 6.07) is 7.62. The summed E-state index contributed by atoms with van der Waals surface area (Å²) in [4.78, 5) is 12.8. The zero-order chi connectivity index (χ0) is 22.8. The molecule has 31 heavy (non-hydrogen) atoms. The number of hydrogen-bond donors (Lipinski definition) is 1. The molecule has 0 aliphatic carbocycles. The van der Waals surface area contributed by atoms with Crippen molar-refractivity contribution in [1.29, 1.82) is 0 Å². The van der Waals surface area contributed by atoms with Crippen LogP contribution in [0.25, 0.3) is 0 Å². The fourth-order valence-corrected chi connectivity index (χ4v) is 5.60. The van der Waals surface area contributed by atoms with Gasteiger partial charge in [-0.1, -0.05) is 37.2 Å². The Balaban J connectivity index is 1.57. The number of benzene rings is 1. The summed E-state index contributed by atoms with van der Waals surface area (Å²) < 4.78 is 38.2. The van der Waals surface area contributed by atoms with E-state index in [0.29, 0.717) is 43.1 Å². The van der Waals surface area contributed by atoms with Gasteiger partial charge < -0.3 is 14.6 Å². The van der Waals surface area contributed by atoms with Crippen LogP contribution in [0.15, 0.2) is 33.7 Å². The molecule has 1 aliphatic heterocycles. The minimum atomic E-state index is -3.66. The van der Waals surface area contributed by atoms with Crippen LogP contribution in [-0.4, -0.2) is 49.0 Å². The number of nitrogens with one attached hydrogen (secondary N) is 1. The average molecular weight is 450 g/mol. The number of ether oxygens (including phenoxy) is 1. The fourth-order valence-electron chi connectivity index (χ4n) is 3.84. The molecule has 8 nitrogen and oxygen atoms in total. The first kappa shape index (κ1) is 23.3. The number of rotatable bonds is 7. The molecule has 1 N–H and O–H groups in total. The summed E-state index contributed by atoms with van der Waals surface area (Å²) in [6.45, 7) is 9.75. The van der Waals surface area contributed by atoms with E-state index in [1.807, 2.05) is 24.3 Å².